The Labute approximate surface area is 170 Å². The first-order valence-electron chi connectivity index (χ1n) is 9.03. The smallest absolute Gasteiger partial charge is 0.162 e. The van der Waals surface area contributed by atoms with E-state index in [0.29, 0.717) is 36.2 Å². The maximum Gasteiger partial charge on any atom is 0.162 e. The molecule has 0 atom stereocenters. The molecule has 3 aromatic rings. The Hall–Kier alpha value is -2.69. The van der Waals surface area contributed by atoms with Gasteiger partial charge in [-0.05, 0) is 28.5 Å². The second-order valence-electron chi connectivity index (χ2n) is 6.27. The highest BCUT2D eigenvalue weighted by atomic mass is 35.5. The molecule has 0 bridgehead atoms. The van der Waals surface area contributed by atoms with E-state index in [4.69, 9.17) is 25.8 Å². The van der Waals surface area contributed by atoms with Gasteiger partial charge in [0.1, 0.15) is 12.4 Å². The monoisotopic (exact) mass is 397 g/mol. The molecule has 1 N–H and O–H groups in total. The van der Waals surface area contributed by atoms with Crippen LogP contribution in [0.15, 0.2) is 61.2 Å². The summed E-state index contributed by atoms with van der Waals surface area (Å²) < 4.78 is 16.5. The Morgan fingerprint density at radius 3 is 2.46 bits per heavy atom. The van der Waals surface area contributed by atoms with Crippen molar-refractivity contribution in [3.8, 4) is 17.2 Å². The lowest BCUT2D eigenvalue weighted by Gasteiger charge is -2.15. The fourth-order valence-corrected chi connectivity index (χ4v) is 3.36. The lowest BCUT2D eigenvalue weighted by atomic mass is 10.0. The second-order valence-corrected chi connectivity index (χ2v) is 6.67. The summed E-state index contributed by atoms with van der Waals surface area (Å²) in [5.41, 5.74) is 2.05. The maximum atomic E-state index is 6.40. The van der Waals surface area contributed by atoms with Crippen LogP contribution in [0.3, 0.4) is 0 Å². The van der Waals surface area contributed by atoms with Crippen LogP contribution in [0.25, 0.3) is 10.8 Å². The standard InChI is InChI=1S/C23H24ClNO3/c1-4-11-28-21-10-9-16-7-5-6-8-18(16)19(21)15-25-14-17-12-22(26-2)23(27-3)13-20(17)24/h4-10,12-13,25H,1,11,14-15H2,2-3H3. The van der Waals surface area contributed by atoms with Gasteiger partial charge in [-0.2, -0.15) is 0 Å². The van der Waals surface area contributed by atoms with Crippen molar-refractivity contribution in [3.63, 3.8) is 0 Å². The molecule has 0 aliphatic rings. The van der Waals surface area contributed by atoms with Gasteiger partial charge in [-0.15, -0.1) is 0 Å². The number of benzene rings is 3. The Bertz CT molecular complexity index is 971. The van der Waals surface area contributed by atoms with Crippen LogP contribution >= 0.6 is 11.6 Å². The van der Waals surface area contributed by atoms with Crippen molar-refractivity contribution in [2.75, 3.05) is 20.8 Å². The summed E-state index contributed by atoms with van der Waals surface area (Å²) >= 11 is 6.40. The lowest BCUT2D eigenvalue weighted by molar-refractivity contribution is 0.354. The summed E-state index contributed by atoms with van der Waals surface area (Å²) in [5, 5.41) is 6.44. The first kappa shape index (κ1) is 20.1. The van der Waals surface area contributed by atoms with E-state index in [0.717, 1.165) is 22.3 Å². The van der Waals surface area contributed by atoms with Crippen LogP contribution in [0, 0.1) is 0 Å². The molecule has 0 saturated carbocycles. The predicted octanol–water partition coefficient (Wildman–Crippen LogP) is 5.37. The van der Waals surface area contributed by atoms with Gasteiger partial charge in [-0.3, -0.25) is 0 Å². The minimum Gasteiger partial charge on any atom is -0.493 e. The number of ether oxygens (including phenoxy) is 3. The number of methoxy groups -OCH3 is 2. The van der Waals surface area contributed by atoms with Gasteiger partial charge in [0.05, 0.1) is 14.2 Å². The molecule has 0 amide bonds. The molecule has 0 unspecified atom stereocenters. The van der Waals surface area contributed by atoms with Crippen LogP contribution in [0.1, 0.15) is 11.1 Å². The second kappa shape index (κ2) is 9.49. The zero-order valence-electron chi connectivity index (χ0n) is 16.1. The highest BCUT2D eigenvalue weighted by molar-refractivity contribution is 6.31. The zero-order valence-corrected chi connectivity index (χ0v) is 16.9. The molecule has 28 heavy (non-hydrogen) atoms. The molecule has 5 heteroatoms. The maximum absolute atomic E-state index is 6.40. The van der Waals surface area contributed by atoms with Crippen LogP contribution in [0.5, 0.6) is 17.2 Å². The van der Waals surface area contributed by atoms with Crippen LogP contribution in [-0.2, 0) is 13.1 Å². The van der Waals surface area contributed by atoms with E-state index in [1.807, 2.05) is 24.3 Å². The van der Waals surface area contributed by atoms with Crippen molar-refractivity contribution in [1.29, 1.82) is 0 Å². The third-order valence-corrected chi connectivity index (χ3v) is 4.88. The van der Waals surface area contributed by atoms with Crippen molar-refractivity contribution in [2.45, 2.75) is 13.1 Å². The largest absolute Gasteiger partial charge is 0.493 e. The highest BCUT2D eigenvalue weighted by Gasteiger charge is 2.12. The molecular formula is C23H24ClNO3. The molecule has 4 nitrogen and oxygen atoms in total. The summed E-state index contributed by atoms with van der Waals surface area (Å²) in [7, 11) is 3.21. The van der Waals surface area contributed by atoms with E-state index in [2.05, 4.69) is 30.1 Å². The predicted molar refractivity (Wildman–Crippen MR) is 115 cm³/mol. The third kappa shape index (κ3) is 4.41. The molecule has 146 valence electrons. The van der Waals surface area contributed by atoms with Gasteiger partial charge in [-0.1, -0.05) is 54.6 Å². The zero-order chi connectivity index (χ0) is 19.9. The number of fused-ring (bicyclic) bond motifs is 1. The lowest BCUT2D eigenvalue weighted by Crippen LogP contribution is -2.14. The minimum atomic E-state index is 0.465. The van der Waals surface area contributed by atoms with Crippen molar-refractivity contribution >= 4 is 22.4 Å². The van der Waals surface area contributed by atoms with Crippen molar-refractivity contribution in [1.82, 2.24) is 5.32 Å². The van der Waals surface area contributed by atoms with E-state index >= 15 is 0 Å². The van der Waals surface area contributed by atoms with Crippen LogP contribution in [0.2, 0.25) is 5.02 Å². The van der Waals surface area contributed by atoms with E-state index < -0.39 is 0 Å². The van der Waals surface area contributed by atoms with Crippen LogP contribution in [0.4, 0.5) is 0 Å². The summed E-state index contributed by atoms with van der Waals surface area (Å²) in [4.78, 5) is 0. The minimum absolute atomic E-state index is 0.465. The molecule has 0 aliphatic carbocycles. The summed E-state index contributed by atoms with van der Waals surface area (Å²) in [6.45, 7) is 5.42. The van der Waals surface area contributed by atoms with Crippen LogP contribution in [-0.4, -0.2) is 20.8 Å². The Morgan fingerprint density at radius 1 is 0.964 bits per heavy atom. The summed E-state index contributed by atoms with van der Waals surface area (Å²) in [5.74, 6) is 2.12. The molecule has 3 aromatic carbocycles. The quantitative estimate of drug-likeness (QED) is 0.493. The van der Waals surface area contributed by atoms with Gasteiger partial charge >= 0.3 is 0 Å². The van der Waals surface area contributed by atoms with Crippen molar-refractivity contribution in [3.05, 3.63) is 77.3 Å². The normalized spacial score (nSPS) is 10.7. The number of nitrogens with one attached hydrogen (secondary N) is 1. The molecule has 0 aromatic heterocycles. The SMILES string of the molecule is C=CCOc1ccc2ccccc2c1CNCc1cc(OC)c(OC)cc1Cl. The number of halogens is 1. The summed E-state index contributed by atoms with van der Waals surface area (Å²) in [6.07, 6.45) is 1.75. The Balaban J connectivity index is 1.82. The first-order chi connectivity index (χ1) is 13.7. The molecule has 3 rings (SSSR count). The first-order valence-corrected chi connectivity index (χ1v) is 9.41. The molecule has 0 aliphatic heterocycles. The number of hydrogen-bond donors (Lipinski definition) is 1. The highest BCUT2D eigenvalue weighted by Crippen LogP contribution is 2.33. The van der Waals surface area contributed by atoms with E-state index in [-0.39, 0.29) is 0 Å². The number of hydrogen-bond acceptors (Lipinski definition) is 4. The van der Waals surface area contributed by atoms with Gasteiger partial charge < -0.3 is 19.5 Å². The molecule has 0 saturated heterocycles. The number of rotatable bonds is 9. The topological polar surface area (TPSA) is 39.7 Å². The van der Waals surface area contributed by atoms with Gasteiger partial charge in [-0.25, -0.2) is 0 Å². The van der Waals surface area contributed by atoms with Gasteiger partial charge in [0.2, 0.25) is 0 Å². The fraction of sp³-hybridized carbons (Fsp3) is 0.217. The Morgan fingerprint density at radius 2 is 1.71 bits per heavy atom. The fourth-order valence-electron chi connectivity index (χ4n) is 3.14. The average molecular weight is 398 g/mol. The summed E-state index contributed by atoms with van der Waals surface area (Å²) in [6, 6.07) is 16.0. The molecule has 0 radical (unpaired) electrons. The van der Waals surface area contributed by atoms with E-state index in [9.17, 15) is 0 Å². The Kier molecular flexibility index (Phi) is 6.80. The van der Waals surface area contributed by atoms with Crippen molar-refractivity contribution < 1.29 is 14.2 Å². The molecular weight excluding hydrogens is 374 g/mol. The average Bonchev–Trinajstić information content (AvgIpc) is 2.73. The van der Waals surface area contributed by atoms with Gasteiger partial charge in [0, 0.05) is 29.7 Å². The molecule has 0 heterocycles. The van der Waals surface area contributed by atoms with E-state index in [1.54, 1.807) is 26.4 Å². The van der Waals surface area contributed by atoms with Crippen LogP contribution < -0.4 is 19.5 Å². The van der Waals surface area contributed by atoms with Crippen molar-refractivity contribution in [2.24, 2.45) is 0 Å². The van der Waals surface area contributed by atoms with Gasteiger partial charge in [0.25, 0.3) is 0 Å². The molecule has 0 spiro atoms. The third-order valence-electron chi connectivity index (χ3n) is 4.52. The molecule has 0 fully saturated rings. The van der Waals surface area contributed by atoms with E-state index in [1.165, 1.54) is 5.39 Å². The van der Waals surface area contributed by atoms with Gasteiger partial charge in [0.15, 0.2) is 11.5 Å².